The molecule has 5 rings (SSSR count). The quantitative estimate of drug-likeness (QED) is 0.234. The Bertz CT molecular complexity index is 1400. The Balaban J connectivity index is 1.35. The Morgan fingerprint density at radius 3 is 2.57 bits per heavy atom. The van der Waals surface area contributed by atoms with E-state index in [4.69, 9.17) is 18.6 Å². The number of carbonyl (C=O) groups excluding carboxylic acids is 2. The van der Waals surface area contributed by atoms with E-state index in [0.29, 0.717) is 49.0 Å². The fraction of sp³-hybridized carbons (Fsp3) is 0.400. The number of hydrogen-bond acceptors (Lipinski definition) is 9. The van der Waals surface area contributed by atoms with E-state index in [0.717, 1.165) is 25.2 Å². The molecule has 12 nitrogen and oxygen atoms in total. The summed E-state index contributed by atoms with van der Waals surface area (Å²) in [6, 6.07) is 13.5. The lowest BCUT2D eigenvalue weighted by Crippen LogP contribution is -2.44. The van der Waals surface area contributed by atoms with Crippen LogP contribution in [0.4, 0.5) is 5.69 Å². The molecule has 2 aromatic carbocycles. The van der Waals surface area contributed by atoms with Crippen molar-refractivity contribution < 1.29 is 33.1 Å². The van der Waals surface area contributed by atoms with Gasteiger partial charge in [-0.25, -0.2) is 0 Å². The molecule has 1 saturated heterocycles. The number of furan rings is 1. The number of nitro benzene ring substituents is 1. The Labute approximate surface area is 243 Å². The SMILES string of the molecule is Cc1ccc(C(=O)N(CCCN2CCOCC2)CC(=O)N(Cc2ccc3c(c2)OCO3)Cc2ccco2)cc1[N+](=O)[O-]. The van der Waals surface area contributed by atoms with Crippen LogP contribution in [0.15, 0.2) is 59.2 Å². The van der Waals surface area contributed by atoms with E-state index in [9.17, 15) is 19.7 Å². The molecule has 0 spiro atoms. The first kappa shape index (κ1) is 29.1. The van der Waals surface area contributed by atoms with Gasteiger partial charge >= 0.3 is 0 Å². The number of benzene rings is 2. The Kier molecular flexibility index (Phi) is 9.35. The molecular weight excluding hydrogens is 544 g/mol. The number of amides is 2. The zero-order valence-corrected chi connectivity index (χ0v) is 23.5. The van der Waals surface area contributed by atoms with Gasteiger partial charge in [0.1, 0.15) is 12.3 Å². The maximum absolute atomic E-state index is 13.8. The number of ether oxygens (including phenoxy) is 3. The molecule has 0 aliphatic carbocycles. The highest BCUT2D eigenvalue weighted by atomic mass is 16.7. The van der Waals surface area contributed by atoms with Gasteiger partial charge in [-0.1, -0.05) is 12.1 Å². The number of nitrogens with zero attached hydrogens (tertiary/aromatic N) is 4. The van der Waals surface area contributed by atoms with E-state index in [1.54, 1.807) is 48.4 Å². The zero-order valence-electron chi connectivity index (χ0n) is 23.5. The molecule has 0 unspecified atom stereocenters. The van der Waals surface area contributed by atoms with E-state index in [1.165, 1.54) is 11.0 Å². The number of nitro groups is 1. The maximum atomic E-state index is 13.8. The van der Waals surface area contributed by atoms with Crippen molar-refractivity contribution in [2.24, 2.45) is 0 Å². The molecule has 12 heteroatoms. The van der Waals surface area contributed by atoms with Crippen LogP contribution in [0.2, 0.25) is 0 Å². The van der Waals surface area contributed by atoms with E-state index < -0.39 is 10.8 Å². The van der Waals surface area contributed by atoms with Crippen LogP contribution in [0, 0.1) is 17.0 Å². The van der Waals surface area contributed by atoms with Gasteiger partial charge in [-0.15, -0.1) is 0 Å². The van der Waals surface area contributed by atoms with Gasteiger partial charge in [0, 0.05) is 49.9 Å². The van der Waals surface area contributed by atoms with Gasteiger partial charge in [0.2, 0.25) is 12.7 Å². The molecule has 2 aliphatic rings. The summed E-state index contributed by atoms with van der Waals surface area (Å²) >= 11 is 0. The summed E-state index contributed by atoms with van der Waals surface area (Å²) in [5.41, 5.74) is 1.32. The van der Waals surface area contributed by atoms with E-state index in [-0.39, 0.29) is 43.6 Å². The number of fused-ring (bicyclic) bond motifs is 1. The molecule has 1 fully saturated rings. The van der Waals surface area contributed by atoms with Crippen LogP contribution in [0.1, 0.15) is 33.7 Å². The fourth-order valence-corrected chi connectivity index (χ4v) is 5.03. The maximum Gasteiger partial charge on any atom is 0.273 e. The predicted molar refractivity (Wildman–Crippen MR) is 151 cm³/mol. The molecule has 0 atom stereocenters. The molecule has 0 saturated carbocycles. The second-order valence-electron chi connectivity index (χ2n) is 10.3. The minimum absolute atomic E-state index is 0.136. The Morgan fingerprint density at radius 1 is 1.00 bits per heavy atom. The molecule has 3 heterocycles. The lowest BCUT2D eigenvalue weighted by Gasteiger charge is -2.30. The second-order valence-corrected chi connectivity index (χ2v) is 10.3. The largest absolute Gasteiger partial charge is 0.467 e. The summed E-state index contributed by atoms with van der Waals surface area (Å²) in [5, 5.41) is 11.6. The molecule has 222 valence electrons. The van der Waals surface area contributed by atoms with Gasteiger partial charge in [0.05, 0.1) is 30.9 Å². The number of aryl methyl sites for hydroxylation is 1. The first-order chi connectivity index (χ1) is 20.4. The Morgan fingerprint density at radius 2 is 1.81 bits per heavy atom. The summed E-state index contributed by atoms with van der Waals surface area (Å²) < 4.78 is 21.9. The van der Waals surface area contributed by atoms with Crippen LogP contribution in [-0.4, -0.2) is 84.2 Å². The lowest BCUT2D eigenvalue weighted by molar-refractivity contribution is -0.385. The summed E-state index contributed by atoms with van der Waals surface area (Å²) in [6.45, 7) is 6.01. The molecule has 2 amide bonds. The van der Waals surface area contributed by atoms with Crippen LogP contribution in [0.25, 0.3) is 0 Å². The topological polar surface area (TPSA) is 128 Å². The third-order valence-corrected chi connectivity index (χ3v) is 7.36. The molecular formula is C30H34N4O8. The molecule has 0 radical (unpaired) electrons. The van der Waals surface area contributed by atoms with Crippen molar-refractivity contribution in [3.8, 4) is 11.5 Å². The first-order valence-electron chi connectivity index (χ1n) is 13.9. The van der Waals surface area contributed by atoms with Crippen LogP contribution in [-0.2, 0) is 22.6 Å². The zero-order chi connectivity index (χ0) is 29.5. The average molecular weight is 579 g/mol. The second kappa shape index (κ2) is 13.5. The molecule has 2 aliphatic heterocycles. The number of morpholine rings is 1. The van der Waals surface area contributed by atoms with Crippen LogP contribution in [0.3, 0.4) is 0 Å². The average Bonchev–Trinajstić information content (AvgIpc) is 3.68. The lowest BCUT2D eigenvalue weighted by atomic mass is 10.1. The number of hydrogen-bond donors (Lipinski definition) is 0. The van der Waals surface area contributed by atoms with Crippen molar-refractivity contribution >= 4 is 17.5 Å². The van der Waals surface area contributed by atoms with Gasteiger partial charge in [-0.2, -0.15) is 0 Å². The first-order valence-corrected chi connectivity index (χ1v) is 13.9. The van der Waals surface area contributed by atoms with Gasteiger partial charge < -0.3 is 28.4 Å². The minimum atomic E-state index is -0.503. The van der Waals surface area contributed by atoms with E-state index in [2.05, 4.69) is 4.90 Å². The van der Waals surface area contributed by atoms with Crippen molar-refractivity contribution in [2.45, 2.75) is 26.4 Å². The van der Waals surface area contributed by atoms with E-state index >= 15 is 0 Å². The highest BCUT2D eigenvalue weighted by Crippen LogP contribution is 2.33. The van der Waals surface area contributed by atoms with Crippen LogP contribution < -0.4 is 9.47 Å². The highest BCUT2D eigenvalue weighted by Gasteiger charge is 2.26. The summed E-state index contributed by atoms with van der Waals surface area (Å²) in [4.78, 5) is 44.0. The minimum Gasteiger partial charge on any atom is -0.467 e. The summed E-state index contributed by atoms with van der Waals surface area (Å²) in [5.74, 6) is 1.13. The van der Waals surface area contributed by atoms with Gasteiger partial charge in [0.15, 0.2) is 11.5 Å². The summed E-state index contributed by atoms with van der Waals surface area (Å²) in [7, 11) is 0. The van der Waals surface area contributed by atoms with Gasteiger partial charge in [-0.3, -0.25) is 24.6 Å². The molecule has 0 N–H and O–H groups in total. The Hall–Kier alpha value is -4.42. The smallest absolute Gasteiger partial charge is 0.273 e. The number of carbonyl (C=O) groups is 2. The third kappa shape index (κ3) is 7.25. The molecule has 0 bridgehead atoms. The number of rotatable bonds is 12. The van der Waals surface area contributed by atoms with Crippen molar-refractivity contribution in [1.82, 2.24) is 14.7 Å². The molecule has 3 aromatic rings. The highest BCUT2D eigenvalue weighted by molar-refractivity contribution is 5.97. The van der Waals surface area contributed by atoms with E-state index in [1.807, 2.05) is 12.1 Å². The van der Waals surface area contributed by atoms with Gasteiger partial charge in [0.25, 0.3) is 11.6 Å². The normalized spacial score (nSPS) is 14.5. The predicted octanol–water partition coefficient (Wildman–Crippen LogP) is 3.62. The summed E-state index contributed by atoms with van der Waals surface area (Å²) in [6.07, 6.45) is 2.18. The fourth-order valence-electron chi connectivity index (χ4n) is 5.03. The van der Waals surface area contributed by atoms with Crippen LogP contribution >= 0.6 is 0 Å². The van der Waals surface area contributed by atoms with Crippen LogP contribution in [0.5, 0.6) is 11.5 Å². The molecule has 1 aromatic heterocycles. The standard InChI is InChI=1S/C30H34N4O8/c1-22-5-7-24(17-26(22)34(37)38)30(36)32(10-3-9-31-11-14-39-15-12-31)20-29(35)33(19-25-4-2-13-40-25)18-23-6-8-27-28(16-23)42-21-41-27/h2,4-8,13,16-17H,3,9-12,14-15,18-21H2,1H3. The van der Waals surface area contributed by atoms with Crippen molar-refractivity contribution in [3.63, 3.8) is 0 Å². The van der Waals surface area contributed by atoms with Crippen molar-refractivity contribution in [1.29, 1.82) is 0 Å². The monoisotopic (exact) mass is 578 g/mol. The van der Waals surface area contributed by atoms with Gasteiger partial charge in [-0.05, 0) is 49.2 Å². The third-order valence-electron chi connectivity index (χ3n) is 7.36. The van der Waals surface area contributed by atoms with Crippen molar-refractivity contribution in [3.05, 3.63) is 87.4 Å². The molecule has 42 heavy (non-hydrogen) atoms. The van der Waals surface area contributed by atoms with Crippen molar-refractivity contribution in [2.75, 3.05) is 52.7 Å².